The number of allylic oxidation sites excluding steroid dienone is 2. The summed E-state index contributed by atoms with van der Waals surface area (Å²) in [5.41, 5.74) is 0. The van der Waals surface area contributed by atoms with E-state index >= 15 is 0 Å². The number of rotatable bonds is 34. The fraction of sp³-hybridized carbons (Fsp3) is 0.889. The molecule has 0 rings (SSSR count). The van der Waals surface area contributed by atoms with Gasteiger partial charge >= 0.3 is 11.9 Å². The molecule has 236 valence electrons. The van der Waals surface area contributed by atoms with E-state index in [1.54, 1.807) is 0 Å². The van der Waals surface area contributed by atoms with Crippen LogP contribution in [0.5, 0.6) is 0 Å². The van der Waals surface area contributed by atoms with Gasteiger partial charge in [0.2, 0.25) is 0 Å². The molecule has 0 radical (unpaired) electrons. The Morgan fingerprint density at radius 3 is 0.675 bits per heavy atom. The molecule has 0 aromatic rings. The molecule has 0 bridgehead atoms. The topological polar surface area (TPSA) is 74.6 Å². The van der Waals surface area contributed by atoms with Gasteiger partial charge in [-0.15, -0.1) is 0 Å². The monoisotopic (exact) mass is 565 g/mol. The van der Waals surface area contributed by atoms with E-state index in [2.05, 4.69) is 12.2 Å². The minimum absolute atomic E-state index is 0.325. The Bertz CT molecular complexity index is 557. The van der Waals surface area contributed by atoms with Crippen molar-refractivity contribution in [3.8, 4) is 0 Å². The SMILES string of the molecule is O=C(O)CCCCCCCC=CCCCCCCCCCCCCCCCCCCCCCCCCCC(=O)O. The second-order valence-corrected chi connectivity index (χ2v) is 12.2. The van der Waals surface area contributed by atoms with Gasteiger partial charge in [-0.05, 0) is 38.5 Å². The number of carboxylic acid groups (broad SMARTS) is 2. The maximum atomic E-state index is 10.5. The Hall–Kier alpha value is -1.32. The van der Waals surface area contributed by atoms with Crippen molar-refractivity contribution in [1.82, 2.24) is 0 Å². The van der Waals surface area contributed by atoms with Gasteiger partial charge in [-0.25, -0.2) is 0 Å². The number of carbonyl (C=O) groups is 2. The molecule has 4 nitrogen and oxygen atoms in total. The molecule has 0 saturated heterocycles. The van der Waals surface area contributed by atoms with E-state index in [4.69, 9.17) is 10.2 Å². The van der Waals surface area contributed by atoms with Gasteiger partial charge in [0.25, 0.3) is 0 Å². The summed E-state index contributed by atoms with van der Waals surface area (Å²) in [7, 11) is 0. The zero-order valence-electron chi connectivity index (χ0n) is 26.5. The highest BCUT2D eigenvalue weighted by atomic mass is 16.4. The molecule has 0 aromatic heterocycles. The van der Waals surface area contributed by atoms with Crippen LogP contribution < -0.4 is 0 Å². The number of hydrogen-bond acceptors (Lipinski definition) is 2. The molecule has 0 aliphatic carbocycles. The molecule has 0 atom stereocenters. The van der Waals surface area contributed by atoms with Crippen molar-refractivity contribution < 1.29 is 19.8 Å². The lowest BCUT2D eigenvalue weighted by molar-refractivity contribution is -0.138. The van der Waals surface area contributed by atoms with Crippen LogP contribution in [0.4, 0.5) is 0 Å². The zero-order chi connectivity index (χ0) is 29.2. The fourth-order valence-electron chi connectivity index (χ4n) is 5.56. The third-order valence-corrected chi connectivity index (χ3v) is 8.19. The van der Waals surface area contributed by atoms with Crippen molar-refractivity contribution in [1.29, 1.82) is 0 Å². The van der Waals surface area contributed by atoms with E-state index in [0.29, 0.717) is 12.8 Å². The fourth-order valence-corrected chi connectivity index (χ4v) is 5.56. The van der Waals surface area contributed by atoms with Crippen LogP contribution >= 0.6 is 0 Å². The molecule has 0 heterocycles. The lowest BCUT2D eigenvalue weighted by Crippen LogP contribution is -1.93. The van der Waals surface area contributed by atoms with Crippen LogP contribution in [-0.4, -0.2) is 22.2 Å². The summed E-state index contributed by atoms with van der Waals surface area (Å²) in [4.78, 5) is 20.9. The summed E-state index contributed by atoms with van der Waals surface area (Å²) in [6.07, 6.45) is 44.5. The second kappa shape index (κ2) is 33.9. The van der Waals surface area contributed by atoms with Crippen molar-refractivity contribution in [3.63, 3.8) is 0 Å². The van der Waals surface area contributed by atoms with Gasteiger partial charge in [-0.2, -0.15) is 0 Å². The molecule has 40 heavy (non-hydrogen) atoms. The second-order valence-electron chi connectivity index (χ2n) is 12.2. The molecular formula is C36H68O4. The molecule has 0 aliphatic rings. The zero-order valence-corrected chi connectivity index (χ0v) is 26.5. The lowest BCUT2D eigenvalue weighted by atomic mass is 10.0. The molecule has 0 aliphatic heterocycles. The molecule has 0 aromatic carbocycles. The van der Waals surface area contributed by atoms with Gasteiger partial charge in [0, 0.05) is 12.8 Å². The molecule has 0 unspecified atom stereocenters. The van der Waals surface area contributed by atoms with Crippen molar-refractivity contribution in [2.24, 2.45) is 0 Å². The number of carboxylic acids is 2. The molecule has 0 fully saturated rings. The van der Waals surface area contributed by atoms with Crippen LogP contribution in [0.25, 0.3) is 0 Å². The van der Waals surface area contributed by atoms with Gasteiger partial charge in [0.1, 0.15) is 0 Å². The normalized spacial score (nSPS) is 11.5. The molecule has 0 saturated carbocycles. The molecule has 4 heteroatoms. The third kappa shape index (κ3) is 36.7. The summed E-state index contributed by atoms with van der Waals surface area (Å²) >= 11 is 0. The van der Waals surface area contributed by atoms with Gasteiger partial charge in [-0.1, -0.05) is 166 Å². The van der Waals surface area contributed by atoms with Gasteiger partial charge < -0.3 is 10.2 Å². The summed E-state index contributed by atoms with van der Waals surface area (Å²) in [6, 6.07) is 0. The summed E-state index contributed by atoms with van der Waals surface area (Å²) < 4.78 is 0. The number of hydrogen-bond donors (Lipinski definition) is 2. The highest BCUT2D eigenvalue weighted by Gasteiger charge is 1.98. The van der Waals surface area contributed by atoms with Crippen molar-refractivity contribution in [3.05, 3.63) is 12.2 Å². The largest absolute Gasteiger partial charge is 0.481 e. The summed E-state index contributed by atoms with van der Waals surface area (Å²) in [6.45, 7) is 0. The van der Waals surface area contributed by atoms with E-state index in [1.165, 1.54) is 167 Å². The van der Waals surface area contributed by atoms with Crippen molar-refractivity contribution in [2.75, 3.05) is 0 Å². The lowest BCUT2D eigenvalue weighted by Gasteiger charge is -2.04. The van der Waals surface area contributed by atoms with Crippen LogP contribution in [0.1, 0.15) is 205 Å². The summed E-state index contributed by atoms with van der Waals surface area (Å²) in [5, 5.41) is 17.2. The van der Waals surface area contributed by atoms with Crippen LogP contribution in [0, 0.1) is 0 Å². The summed E-state index contributed by atoms with van der Waals surface area (Å²) in [5.74, 6) is -1.32. The first-order valence-corrected chi connectivity index (χ1v) is 17.7. The van der Waals surface area contributed by atoms with Gasteiger partial charge in [0.05, 0.1) is 0 Å². The van der Waals surface area contributed by atoms with Crippen molar-refractivity contribution >= 4 is 11.9 Å². The minimum atomic E-state index is -0.665. The van der Waals surface area contributed by atoms with Crippen LogP contribution in [0.3, 0.4) is 0 Å². The number of unbranched alkanes of at least 4 members (excludes halogenated alkanes) is 28. The maximum absolute atomic E-state index is 10.5. The van der Waals surface area contributed by atoms with E-state index in [0.717, 1.165) is 25.7 Å². The first kappa shape index (κ1) is 38.7. The number of aliphatic carboxylic acids is 2. The predicted octanol–water partition coefficient (Wildman–Crippen LogP) is 12.2. The molecular weight excluding hydrogens is 496 g/mol. The Morgan fingerprint density at radius 1 is 0.300 bits per heavy atom. The Labute approximate surface area is 249 Å². The Kier molecular flexibility index (Phi) is 32.8. The Balaban J connectivity index is 3.09. The quantitative estimate of drug-likeness (QED) is 0.0602. The maximum Gasteiger partial charge on any atom is 0.303 e. The smallest absolute Gasteiger partial charge is 0.303 e. The van der Waals surface area contributed by atoms with Gasteiger partial charge in [-0.3, -0.25) is 9.59 Å². The van der Waals surface area contributed by atoms with E-state index in [9.17, 15) is 9.59 Å². The standard InChI is InChI=1S/C36H68O4/c37-35(38)33-31-29-27-25-23-21-19-17-15-13-11-9-7-5-3-1-2-4-6-8-10-12-14-16-18-20-22-24-26-28-30-32-34-36(39)40/h17,19H,1-16,18,20-34H2,(H,37,38)(H,39,40). The first-order chi connectivity index (χ1) is 19.6. The average molecular weight is 565 g/mol. The van der Waals surface area contributed by atoms with Crippen LogP contribution in [0.2, 0.25) is 0 Å². The Morgan fingerprint density at radius 2 is 0.475 bits per heavy atom. The molecule has 2 N–H and O–H groups in total. The molecule has 0 amide bonds. The van der Waals surface area contributed by atoms with Crippen LogP contribution in [0.15, 0.2) is 12.2 Å². The highest BCUT2D eigenvalue weighted by Crippen LogP contribution is 2.16. The van der Waals surface area contributed by atoms with Crippen LogP contribution in [-0.2, 0) is 9.59 Å². The van der Waals surface area contributed by atoms with E-state index in [1.807, 2.05) is 0 Å². The average Bonchev–Trinajstić information content (AvgIpc) is 2.93. The van der Waals surface area contributed by atoms with E-state index < -0.39 is 11.9 Å². The van der Waals surface area contributed by atoms with E-state index in [-0.39, 0.29) is 0 Å². The molecule has 0 spiro atoms. The first-order valence-electron chi connectivity index (χ1n) is 17.7. The minimum Gasteiger partial charge on any atom is -0.481 e. The third-order valence-electron chi connectivity index (χ3n) is 8.19. The highest BCUT2D eigenvalue weighted by molar-refractivity contribution is 5.66. The van der Waals surface area contributed by atoms with Gasteiger partial charge in [0.15, 0.2) is 0 Å². The predicted molar refractivity (Wildman–Crippen MR) is 172 cm³/mol. The van der Waals surface area contributed by atoms with Crippen molar-refractivity contribution in [2.45, 2.75) is 205 Å².